The summed E-state index contributed by atoms with van der Waals surface area (Å²) in [6.07, 6.45) is 3.19. The normalized spacial score (nSPS) is 11.0. The number of allylic oxidation sites excluding steroid dienone is 1. The van der Waals surface area contributed by atoms with Gasteiger partial charge >= 0.3 is 0 Å². The van der Waals surface area contributed by atoms with Crippen molar-refractivity contribution in [3.05, 3.63) is 84.4 Å². The molecule has 22 heavy (non-hydrogen) atoms. The third-order valence-corrected chi connectivity index (χ3v) is 4.05. The van der Waals surface area contributed by atoms with Crippen LogP contribution < -0.4 is 5.32 Å². The fourth-order valence-electron chi connectivity index (χ4n) is 2.81. The Hall–Kier alpha value is -2.35. The van der Waals surface area contributed by atoms with E-state index in [9.17, 15) is 4.79 Å². The summed E-state index contributed by atoms with van der Waals surface area (Å²) in [5.41, 5.74) is 2.10. The first-order chi connectivity index (χ1) is 10.7. The lowest BCUT2D eigenvalue weighted by Crippen LogP contribution is -2.41. The standard InChI is InChI=1S/C20H23NO/c1-3-15-20(16-21-19(22)4-2,17-11-7-5-8-12-17)18-13-9-6-10-14-18/h3,5-14H,1,4,15-16H2,2H3,(H,21,22). The van der Waals surface area contributed by atoms with Crippen molar-refractivity contribution in [2.75, 3.05) is 6.54 Å². The second kappa shape index (κ2) is 7.60. The van der Waals surface area contributed by atoms with E-state index in [-0.39, 0.29) is 11.3 Å². The van der Waals surface area contributed by atoms with E-state index in [2.05, 4.69) is 36.2 Å². The number of benzene rings is 2. The zero-order valence-corrected chi connectivity index (χ0v) is 13.1. The molecule has 2 nitrogen and oxygen atoms in total. The predicted molar refractivity (Wildman–Crippen MR) is 91.8 cm³/mol. The highest BCUT2D eigenvalue weighted by Crippen LogP contribution is 2.35. The quantitative estimate of drug-likeness (QED) is 0.766. The third kappa shape index (κ3) is 3.45. The highest BCUT2D eigenvalue weighted by Gasteiger charge is 2.33. The van der Waals surface area contributed by atoms with Gasteiger partial charge in [0.15, 0.2) is 0 Å². The molecule has 0 aliphatic carbocycles. The van der Waals surface area contributed by atoms with E-state index in [1.165, 1.54) is 11.1 Å². The van der Waals surface area contributed by atoms with Gasteiger partial charge in [-0.3, -0.25) is 4.79 Å². The Balaban J connectivity index is 2.49. The van der Waals surface area contributed by atoms with Crippen molar-refractivity contribution < 1.29 is 4.79 Å². The fraction of sp³-hybridized carbons (Fsp3) is 0.250. The lowest BCUT2D eigenvalue weighted by molar-refractivity contribution is -0.120. The van der Waals surface area contributed by atoms with Gasteiger partial charge in [-0.2, -0.15) is 0 Å². The van der Waals surface area contributed by atoms with Gasteiger partial charge in [0.2, 0.25) is 5.91 Å². The van der Waals surface area contributed by atoms with Crippen molar-refractivity contribution in [1.82, 2.24) is 5.32 Å². The van der Waals surface area contributed by atoms with Crippen LogP contribution in [-0.2, 0) is 10.2 Å². The summed E-state index contributed by atoms with van der Waals surface area (Å²) < 4.78 is 0. The van der Waals surface area contributed by atoms with Crippen LogP contribution in [0.2, 0.25) is 0 Å². The minimum atomic E-state index is -0.283. The first kappa shape index (κ1) is 16.0. The van der Waals surface area contributed by atoms with Crippen molar-refractivity contribution in [2.24, 2.45) is 0 Å². The van der Waals surface area contributed by atoms with Crippen LogP contribution in [0.15, 0.2) is 73.3 Å². The number of carbonyl (C=O) groups is 1. The minimum Gasteiger partial charge on any atom is -0.355 e. The zero-order valence-electron chi connectivity index (χ0n) is 13.1. The van der Waals surface area contributed by atoms with Gasteiger partial charge in [0.05, 0.1) is 0 Å². The van der Waals surface area contributed by atoms with E-state index in [0.29, 0.717) is 13.0 Å². The molecule has 0 unspecified atom stereocenters. The van der Waals surface area contributed by atoms with Gasteiger partial charge in [0.25, 0.3) is 0 Å². The molecule has 0 saturated carbocycles. The van der Waals surface area contributed by atoms with Gasteiger partial charge < -0.3 is 5.32 Å². The molecule has 0 spiro atoms. The first-order valence-corrected chi connectivity index (χ1v) is 7.71. The summed E-state index contributed by atoms with van der Waals surface area (Å²) in [5.74, 6) is 0.0697. The second-order valence-electron chi connectivity index (χ2n) is 5.44. The molecule has 2 heteroatoms. The molecule has 114 valence electrons. The molecular formula is C20H23NO. The number of carbonyl (C=O) groups excluding carboxylic acids is 1. The first-order valence-electron chi connectivity index (χ1n) is 7.71. The molecule has 0 atom stereocenters. The molecule has 0 bridgehead atoms. The lowest BCUT2D eigenvalue weighted by Gasteiger charge is -2.34. The molecule has 0 aliphatic rings. The molecule has 0 heterocycles. The second-order valence-corrected chi connectivity index (χ2v) is 5.44. The maximum absolute atomic E-state index is 11.8. The molecule has 2 aromatic carbocycles. The number of hydrogen-bond acceptors (Lipinski definition) is 1. The Morgan fingerprint density at radius 1 is 1.05 bits per heavy atom. The molecule has 2 rings (SSSR count). The molecule has 1 N–H and O–H groups in total. The van der Waals surface area contributed by atoms with E-state index >= 15 is 0 Å². The average Bonchev–Trinajstić information content (AvgIpc) is 2.60. The summed E-state index contributed by atoms with van der Waals surface area (Å²) in [7, 11) is 0. The van der Waals surface area contributed by atoms with Crippen molar-refractivity contribution >= 4 is 5.91 Å². The molecule has 0 saturated heterocycles. The van der Waals surface area contributed by atoms with Crippen molar-refractivity contribution in [1.29, 1.82) is 0 Å². The van der Waals surface area contributed by atoms with Gasteiger partial charge in [-0.25, -0.2) is 0 Å². The largest absolute Gasteiger partial charge is 0.355 e. The van der Waals surface area contributed by atoms with Crippen LogP contribution in [0.3, 0.4) is 0 Å². The number of amides is 1. The Bertz CT molecular complexity index is 565. The minimum absolute atomic E-state index is 0.0697. The van der Waals surface area contributed by atoms with Crippen LogP contribution in [-0.4, -0.2) is 12.5 Å². The number of nitrogens with one attached hydrogen (secondary N) is 1. The summed E-state index contributed by atoms with van der Waals surface area (Å²) in [5, 5.41) is 3.07. The smallest absolute Gasteiger partial charge is 0.219 e. The van der Waals surface area contributed by atoms with Gasteiger partial charge in [0.1, 0.15) is 0 Å². The van der Waals surface area contributed by atoms with Gasteiger partial charge in [0, 0.05) is 18.4 Å². The van der Waals surface area contributed by atoms with Crippen molar-refractivity contribution in [2.45, 2.75) is 25.2 Å². The van der Waals surface area contributed by atoms with Crippen molar-refractivity contribution in [3.8, 4) is 0 Å². The molecule has 2 aromatic rings. The van der Waals surface area contributed by atoms with Crippen LogP contribution in [0.5, 0.6) is 0 Å². The average molecular weight is 293 g/mol. The van der Waals surface area contributed by atoms with E-state index in [1.54, 1.807) is 0 Å². The van der Waals surface area contributed by atoms with Crippen LogP contribution in [0.4, 0.5) is 0 Å². The topological polar surface area (TPSA) is 29.1 Å². The van der Waals surface area contributed by atoms with Gasteiger partial charge in [-0.05, 0) is 17.5 Å². The van der Waals surface area contributed by atoms with Gasteiger partial charge in [-0.15, -0.1) is 6.58 Å². The predicted octanol–water partition coefficient (Wildman–Crippen LogP) is 4.08. The molecule has 0 fully saturated rings. The van der Waals surface area contributed by atoms with E-state index in [0.717, 1.165) is 6.42 Å². The van der Waals surface area contributed by atoms with Crippen LogP contribution in [0.1, 0.15) is 30.9 Å². The SMILES string of the molecule is C=CCC(CNC(=O)CC)(c1ccccc1)c1ccccc1. The Morgan fingerprint density at radius 2 is 1.55 bits per heavy atom. The summed E-state index contributed by atoms with van der Waals surface area (Å²) in [6, 6.07) is 20.7. The number of rotatable bonds is 7. The van der Waals surface area contributed by atoms with Crippen LogP contribution in [0.25, 0.3) is 0 Å². The molecule has 0 aromatic heterocycles. The zero-order chi connectivity index (χ0) is 15.8. The summed E-state index contributed by atoms with van der Waals surface area (Å²) in [4.78, 5) is 11.8. The van der Waals surface area contributed by atoms with Crippen LogP contribution in [0, 0.1) is 0 Å². The highest BCUT2D eigenvalue weighted by molar-refractivity contribution is 5.75. The highest BCUT2D eigenvalue weighted by atomic mass is 16.1. The van der Waals surface area contributed by atoms with E-state index in [1.807, 2.05) is 49.4 Å². The summed E-state index contributed by atoms with van der Waals surface area (Å²) in [6.45, 7) is 6.37. The van der Waals surface area contributed by atoms with Crippen LogP contribution >= 0.6 is 0 Å². The molecule has 0 aliphatic heterocycles. The third-order valence-electron chi connectivity index (χ3n) is 4.05. The van der Waals surface area contributed by atoms with E-state index in [4.69, 9.17) is 0 Å². The van der Waals surface area contributed by atoms with Crippen molar-refractivity contribution in [3.63, 3.8) is 0 Å². The molecule has 0 radical (unpaired) electrons. The number of hydrogen-bond donors (Lipinski definition) is 1. The Morgan fingerprint density at radius 3 is 1.95 bits per heavy atom. The summed E-state index contributed by atoms with van der Waals surface area (Å²) >= 11 is 0. The molecule has 1 amide bonds. The van der Waals surface area contributed by atoms with E-state index < -0.39 is 0 Å². The fourth-order valence-corrected chi connectivity index (χ4v) is 2.81. The Kier molecular flexibility index (Phi) is 5.54. The van der Waals surface area contributed by atoms with Gasteiger partial charge in [-0.1, -0.05) is 73.7 Å². The lowest BCUT2D eigenvalue weighted by atomic mass is 9.72. The monoisotopic (exact) mass is 293 g/mol. The molecular weight excluding hydrogens is 270 g/mol. The Labute approximate surface area is 132 Å². The maximum atomic E-state index is 11.8. The maximum Gasteiger partial charge on any atom is 0.219 e.